The van der Waals surface area contributed by atoms with E-state index >= 15 is 0 Å². The number of aromatic nitrogens is 3. The number of nitrogens with zero attached hydrogens (tertiary/aromatic N) is 4. The average Bonchev–Trinajstić information content (AvgIpc) is 3.04. The third-order valence-corrected chi connectivity index (χ3v) is 3.65. The summed E-state index contributed by atoms with van der Waals surface area (Å²) in [4.78, 5) is 15.6. The van der Waals surface area contributed by atoms with Crippen molar-refractivity contribution in [2.24, 2.45) is 0 Å². The molecule has 0 amide bonds. The average molecular weight is 362 g/mol. The molecule has 0 saturated heterocycles. The summed E-state index contributed by atoms with van der Waals surface area (Å²) < 4.78 is 13.3. The highest BCUT2D eigenvalue weighted by Gasteiger charge is 2.11. The van der Waals surface area contributed by atoms with Gasteiger partial charge in [-0.3, -0.25) is 4.79 Å². The lowest BCUT2D eigenvalue weighted by Gasteiger charge is -2.13. The van der Waals surface area contributed by atoms with Crippen molar-refractivity contribution < 1.29 is 14.3 Å². The van der Waals surface area contributed by atoms with Crippen LogP contribution in [0.5, 0.6) is 11.6 Å². The zero-order valence-corrected chi connectivity index (χ0v) is 14.4. The maximum absolute atomic E-state index is 11.3. The van der Waals surface area contributed by atoms with Crippen LogP contribution in [0.1, 0.15) is 5.56 Å². The van der Waals surface area contributed by atoms with Crippen molar-refractivity contribution in [1.82, 2.24) is 14.6 Å². The van der Waals surface area contributed by atoms with Gasteiger partial charge in [0.25, 0.3) is 0 Å². The molecule has 0 bridgehead atoms. The minimum absolute atomic E-state index is 0.217. The summed E-state index contributed by atoms with van der Waals surface area (Å²) in [5.41, 5.74) is 1.45. The fourth-order valence-electron chi connectivity index (χ4n) is 2.10. The third-order valence-electron chi connectivity index (χ3n) is 3.24. The first kappa shape index (κ1) is 16.5. The Morgan fingerprint density at radius 1 is 1.25 bits per heavy atom. The van der Waals surface area contributed by atoms with E-state index in [-0.39, 0.29) is 12.4 Å². The van der Waals surface area contributed by atoms with E-state index in [0.29, 0.717) is 23.1 Å². The number of hydrogen-bond donors (Lipinski definition) is 2. The summed E-state index contributed by atoms with van der Waals surface area (Å²) in [7, 11) is 1.36. The number of fused-ring (bicyclic) bond motifs is 1. The molecular weight excluding hydrogens is 348 g/mol. The molecule has 0 radical (unpaired) electrons. The number of benzene rings is 1. The molecule has 0 unspecified atom stereocenters. The maximum atomic E-state index is 11.3. The van der Waals surface area contributed by atoms with E-state index in [1.165, 1.54) is 10.8 Å². The number of carbonyl (C=O) groups excluding carboxylic acids is 1. The molecule has 0 atom stereocenters. The summed E-state index contributed by atoms with van der Waals surface area (Å²) in [5.74, 6) is 1.28. The Morgan fingerprint density at radius 2 is 2.00 bits per heavy atom. The third kappa shape index (κ3) is 3.57. The SMILES string of the molecule is COC(=O)Cc1ccc(Oc2cc(N(S)S)n3nccc3n2)cc1. The van der Waals surface area contributed by atoms with Crippen LogP contribution >= 0.6 is 25.6 Å². The van der Waals surface area contributed by atoms with Gasteiger partial charge in [-0.2, -0.15) is 14.6 Å². The second kappa shape index (κ2) is 7.02. The summed E-state index contributed by atoms with van der Waals surface area (Å²) in [6.45, 7) is 0. The number of methoxy groups -OCH3 is 1. The molecule has 0 saturated carbocycles. The predicted octanol–water partition coefficient (Wildman–Crippen LogP) is 2.73. The van der Waals surface area contributed by atoms with Crippen molar-refractivity contribution in [2.45, 2.75) is 6.42 Å². The predicted molar refractivity (Wildman–Crippen MR) is 95.7 cm³/mol. The zero-order chi connectivity index (χ0) is 17.1. The normalized spacial score (nSPS) is 10.6. The Labute approximate surface area is 149 Å². The first-order chi connectivity index (χ1) is 11.6. The van der Waals surface area contributed by atoms with E-state index in [4.69, 9.17) is 4.74 Å². The number of anilines is 1. The van der Waals surface area contributed by atoms with Gasteiger partial charge in [-0.05, 0) is 17.7 Å². The second-order valence-electron chi connectivity index (χ2n) is 4.84. The van der Waals surface area contributed by atoms with Crippen LogP contribution in [0.3, 0.4) is 0 Å². The lowest BCUT2D eigenvalue weighted by molar-refractivity contribution is -0.139. The minimum Gasteiger partial charge on any atom is -0.469 e. The molecule has 3 aromatic rings. The Hall–Kier alpha value is -2.39. The molecule has 9 heteroatoms. The molecule has 1 aromatic carbocycles. The highest BCUT2D eigenvalue weighted by atomic mass is 32.2. The van der Waals surface area contributed by atoms with E-state index in [0.717, 1.165) is 5.56 Å². The van der Waals surface area contributed by atoms with Gasteiger partial charge in [0.1, 0.15) is 5.75 Å². The van der Waals surface area contributed by atoms with Gasteiger partial charge in [0.15, 0.2) is 11.5 Å². The smallest absolute Gasteiger partial charge is 0.309 e. The first-order valence-electron chi connectivity index (χ1n) is 6.93. The largest absolute Gasteiger partial charge is 0.469 e. The van der Waals surface area contributed by atoms with Gasteiger partial charge in [0, 0.05) is 12.1 Å². The molecule has 0 aliphatic rings. The highest BCUT2D eigenvalue weighted by Crippen LogP contribution is 2.27. The summed E-state index contributed by atoms with van der Waals surface area (Å²) in [5, 5.41) is 4.15. The molecule has 3 rings (SSSR count). The van der Waals surface area contributed by atoms with Crippen LogP contribution in [0.25, 0.3) is 5.65 Å². The van der Waals surface area contributed by atoms with Crippen LogP contribution < -0.4 is 8.45 Å². The molecule has 124 valence electrons. The number of hydrogen-bond acceptors (Lipinski definition) is 8. The van der Waals surface area contributed by atoms with Crippen molar-refractivity contribution in [3.8, 4) is 11.6 Å². The van der Waals surface area contributed by atoms with Gasteiger partial charge in [-0.25, -0.2) is 3.71 Å². The molecule has 0 aliphatic heterocycles. The van der Waals surface area contributed by atoms with E-state index in [9.17, 15) is 4.79 Å². The Bertz CT molecular complexity index is 865. The van der Waals surface area contributed by atoms with Crippen LogP contribution in [-0.2, 0) is 16.0 Å². The van der Waals surface area contributed by atoms with Crippen molar-refractivity contribution in [1.29, 1.82) is 0 Å². The van der Waals surface area contributed by atoms with Crippen molar-refractivity contribution >= 4 is 43.1 Å². The number of carbonyl (C=O) groups is 1. The molecule has 7 nitrogen and oxygen atoms in total. The van der Waals surface area contributed by atoms with Gasteiger partial charge in [0.05, 0.1) is 19.7 Å². The molecule has 0 spiro atoms. The number of ether oxygens (including phenoxy) is 2. The lowest BCUT2D eigenvalue weighted by Crippen LogP contribution is -2.05. The maximum Gasteiger partial charge on any atom is 0.309 e. The number of thiol groups is 2. The summed E-state index contributed by atoms with van der Waals surface area (Å²) >= 11 is 8.35. The molecular formula is C15H14N4O3S2. The Balaban J connectivity index is 1.83. The van der Waals surface area contributed by atoms with Gasteiger partial charge < -0.3 is 9.47 Å². The zero-order valence-electron chi connectivity index (χ0n) is 12.7. The minimum atomic E-state index is -0.288. The Morgan fingerprint density at radius 3 is 2.67 bits per heavy atom. The topological polar surface area (TPSA) is 69.0 Å². The van der Waals surface area contributed by atoms with Crippen molar-refractivity contribution in [3.63, 3.8) is 0 Å². The standard InChI is InChI=1S/C15H14N4O3S2/c1-21-15(20)8-10-2-4-11(5-3-10)22-13-9-14(19(23)24)18-12(17-13)6-7-16-18/h2-7,9,23-24H,8H2,1H3. The summed E-state index contributed by atoms with van der Waals surface area (Å²) in [6.07, 6.45) is 1.84. The molecule has 0 aliphatic carbocycles. The van der Waals surface area contributed by atoms with Gasteiger partial charge in [0.2, 0.25) is 5.88 Å². The van der Waals surface area contributed by atoms with Crippen LogP contribution in [-0.4, -0.2) is 27.7 Å². The van der Waals surface area contributed by atoms with Gasteiger partial charge in [-0.1, -0.05) is 37.8 Å². The van der Waals surface area contributed by atoms with E-state index < -0.39 is 0 Å². The molecule has 0 N–H and O–H groups in total. The van der Waals surface area contributed by atoms with Crippen LogP contribution in [0, 0.1) is 0 Å². The van der Waals surface area contributed by atoms with Crippen molar-refractivity contribution in [3.05, 3.63) is 48.2 Å². The monoisotopic (exact) mass is 362 g/mol. The highest BCUT2D eigenvalue weighted by molar-refractivity contribution is 8.00. The molecule has 2 heterocycles. The Kier molecular flexibility index (Phi) is 4.81. The van der Waals surface area contributed by atoms with E-state index in [1.807, 2.05) is 0 Å². The second-order valence-corrected chi connectivity index (χ2v) is 5.96. The van der Waals surface area contributed by atoms with E-state index in [2.05, 4.69) is 40.4 Å². The van der Waals surface area contributed by atoms with Crippen LogP contribution in [0.4, 0.5) is 5.82 Å². The molecule has 24 heavy (non-hydrogen) atoms. The van der Waals surface area contributed by atoms with Crippen LogP contribution in [0.15, 0.2) is 42.6 Å². The van der Waals surface area contributed by atoms with Gasteiger partial charge >= 0.3 is 5.97 Å². The summed E-state index contributed by atoms with van der Waals surface area (Å²) in [6, 6.07) is 10.5. The fourth-order valence-corrected chi connectivity index (χ4v) is 2.39. The molecule has 0 fully saturated rings. The molecule has 2 aromatic heterocycles. The number of rotatable bonds is 5. The van der Waals surface area contributed by atoms with E-state index in [1.54, 1.807) is 47.1 Å². The quantitative estimate of drug-likeness (QED) is 0.537. The first-order valence-corrected chi connectivity index (χ1v) is 7.73. The van der Waals surface area contributed by atoms with Crippen molar-refractivity contribution in [2.75, 3.05) is 10.8 Å². The number of esters is 1. The van der Waals surface area contributed by atoms with Gasteiger partial charge in [-0.15, -0.1) is 0 Å². The van der Waals surface area contributed by atoms with Crippen LogP contribution in [0.2, 0.25) is 0 Å². The lowest BCUT2D eigenvalue weighted by atomic mass is 10.1. The fraction of sp³-hybridized carbons (Fsp3) is 0.133.